The number of rotatable bonds is 7. The molecule has 2 atom stereocenters. The van der Waals surface area contributed by atoms with Crippen LogP contribution in [-0.4, -0.2) is 17.8 Å². The maximum Gasteiger partial charge on any atom is 0.0445 e. The van der Waals surface area contributed by atoms with Crippen LogP contribution < -0.4 is 5.32 Å². The second-order valence-electron chi connectivity index (χ2n) is 4.52. The molecule has 0 aromatic carbocycles. The molecule has 0 saturated heterocycles. The lowest BCUT2D eigenvalue weighted by molar-refractivity contribution is 0.247. The summed E-state index contributed by atoms with van der Waals surface area (Å²) in [6, 6.07) is 5.12. The van der Waals surface area contributed by atoms with E-state index in [0.29, 0.717) is 18.0 Å². The number of thiophene rings is 1. The minimum atomic E-state index is 0.265. The lowest BCUT2D eigenvalue weighted by Gasteiger charge is -2.27. The van der Waals surface area contributed by atoms with E-state index in [4.69, 9.17) is 5.11 Å². The Hall–Kier alpha value is -0.380. The fraction of sp³-hybridized carbons (Fsp3) is 0.692. The van der Waals surface area contributed by atoms with Crippen LogP contribution in [0.4, 0.5) is 0 Å². The Bertz CT molecular complexity index is 271. The smallest absolute Gasteiger partial charge is 0.0445 e. The second-order valence-corrected chi connectivity index (χ2v) is 5.50. The number of hydrogen-bond acceptors (Lipinski definition) is 3. The van der Waals surface area contributed by atoms with Crippen LogP contribution >= 0.6 is 11.3 Å². The van der Waals surface area contributed by atoms with Crippen molar-refractivity contribution in [3.63, 3.8) is 0 Å². The van der Waals surface area contributed by atoms with Crippen molar-refractivity contribution in [3.05, 3.63) is 22.4 Å². The lowest BCUT2D eigenvalue weighted by atomic mass is 10.00. The van der Waals surface area contributed by atoms with Crippen LogP contribution in [0.1, 0.15) is 44.5 Å². The molecule has 0 bridgehead atoms. The lowest BCUT2D eigenvalue weighted by Crippen LogP contribution is -2.35. The maximum atomic E-state index is 9.01. The van der Waals surface area contributed by atoms with Crippen LogP contribution in [0.15, 0.2) is 17.5 Å². The molecule has 1 rings (SSSR count). The molecule has 1 aromatic heterocycles. The molecule has 16 heavy (non-hydrogen) atoms. The Morgan fingerprint density at radius 3 is 2.62 bits per heavy atom. The molecule has 92 valence electrons. The fourth-order valence-electron chi connectivity index (χ4n) is 1.89. The van der Waals surface area contributed by atoms with Gasteiger partial charge in [0, 0.05) is 23.6 Å². The molecular formula is C13H23NOS. The van der Waals surface area contributed by atoms with Gasteiger partial charge in [-0.2, -0.15) is 0 Å². The van der Waals surface area contributed by atoms with E-state index in [0.717, 1.165) is 12.8 Å². The number of aliphatic hydroxyl groups excluding tert-OH is 1. The van der Waals surface area contributed by atoms with Gasteiger partial charge in [0.1, 0.15) is 0 Å². The molecule has 0 aliphatic rings. The van der Waals surface area contributed by atoms with Crippen LogP contribution in [0.2, 0.25) is 0 Å². The molecule has 1 heterocycles. The summed E-state index contributed by atoms with van der Waals surface area (Å²) in [6.45, 7) is 6.91. The first-order valence-electron chi connectivity index (χ1n) is 6.09. The first-order chi connectivity index (χ1) is 7.69. The van der Waals surface area contributed by atoms with Crippen molar-refractivity contribution < 1.29 is 5.11 Å². The maximum absolute atomic E-state index is 9.01. The summed E-state index contributed by atoms with van der Waals surface area (Å²) >= 11 is 1.80. The van der Waals surface area contributed by atoms with E-state index in [-0.39, 0.29) is 6.61 Å². The normalized spacial score (nSPS) is 15.3. The van der Waals surface area contributed by atoms with Gasteiger partial charge in [-0.3, -0.25) is 0 Å². The highest BCUT2D eigenvalue weighted by atomic mass is 32.1. The van der Waals surface area contributed by atoms with Crippen molar-refractivity contribution in [2.45, 2.75) is 45.7 Å². The summed E-state index contributed by atoms with van der Waals surface area (Å²) < 4.78 is 0. The Morgan fingerprint density at radius 1 is 1.44 bits per heavy atom. The Morgan fingerprint density at radius 2 is 2.19 bits per heavy atom. The summed E-state index contributed by atoms with van der Waals surface area (Å²) in [5, 5.41) is 14.8. The highest BCUT2D eigenvalue weighted by Crippen LogP contribution is 2.26. The van der Waals surface area contributed by atoms with Gasteiger partial charge in [-0.25, -0.2) is 0 Å². The monoisotopic (exact) mass is 241 g/mol. The number of aliphatic hydroxyl groups is 1. The van der Waals surface area contributed by atoms with E-state index < -0.39 is 0 Å². The number of nitrogens with one attached hydrogen (secondary N) is 1. The molecule has 0 fully saturated rings. The van der Waals surface area contributed by atoms with Gasteiger partial charge in [-0.05, 0) is 30.2 Å². The quantitative estimate of drug-likeness (QED) is 0.768. The standard InChI is InChI=1S/C13H23NOS/c1-4-11(7-8-15)14-13(10(2)3)12-6-5-9-16-12/h5-6,9-11,13-15H,4,7-8H2,1-3H3. The van der Waals surface area contributed by atoms with Crippen LogP contribution in [0.3, 0.4) is 0 Å². The van der Waals surface area contributed by atoms with Crippen molar-refractivity contribution in [1.82, 2.24) is 5.32 Å². The molecule has 0 radical (unpaired) electrons. The van der Waals surface area contributed by atoms with Crippen molar-refractivity contribution in [3.8, 4) is 0 Å². The van der Waals surface area contributed by atoms with E-state index in [1.807, 2.05) is 0 Å². The van der Waals surface area contributed by atoms with Gasteiger partial charge in [-0.1, -0.05) is 26.8 Å². The molecule has 1 aromatic rings. The number of hydrogen-bond donors (Lipinski definition) is 2. The van der Waals surface area contributed by atoms with Crippen molar-refractivity contribution >= 4 is 11.3 Å². The highest BCUT2D eigenvalue weighted by Gasteiger charge is 2.19. The van der Waals surface area contributed by atoms with Crippen molar-refractivity contribution in [1.29, 1.82) is 0 Å². The average molecular weight is 241 g/mol. The molecule has 0 saturated carbocycles. The van der Waals surface area contributed by atoms with Gasteiger partial charge in [-0.15, -0.1) is 11.3 Å². The summed E-state index contributed by atoms with van der Waals surface area (Å²) in [6.07, 6.45) is 1.90. The minimum Gasteiger partial charge on any atom is -0.396 e. The van der Waals surface area contributed by atoms with Crippen LogP contribution in [0.5, 0.6) is 0 Å². The highest BCUT2D eigenvalue weighted by molar-refractivity contribution is 7.10. The van der Waals surface area contributed by atoms with Gasteiger partial charge >= 0.3 is 0 Å². The van der Waals surface area contributed by atoms with Gasteiger partial charge in [0.25, 0.3) is 0 Å². The largest absolute Gasteiger partial charge is 0.396 e. The van der Waals surface area contributed by atoms with Crippen LogP contribution in [0, 0.1) is 5.92 Å². The Balaban J connectivity index is 2.64. The van der Waals surface area contributed by atoms with Crippen LogP contribution in [0.25, 0.3) is 0 Å². The topological polar surface area (TPSA) is 32.3 Å². The Kier molecular flexibility index (Phi) is 6.03. The van der Waals surface area contributed by atoms with Gasteiger partial charge in [0.15, 0.2) is 0 Å². The molecular weight excluding hydrogens is 218 g/mol. The van der Waals surface area contributed by atoms with E-state index >= 15 is 0 Å². The summed E-state index contributed by atoms with van der Waals surface area (Å²) in [7, 11) is 0. The first kappa shape index (κ1) is 13.7. The summed E-state index contributed by atoms with van der Waals surface area (Å²) in [4.78, 5) is 1.39. The SMILES string of the molecule is CCC(CCO)NC(c1cccs1)C(C)C. The zero-order chi connectivity index (χ0) is 12.0. The third-order valence-corrected chi connectivity index (χ3v) is 3.86. The van der Waals surface area contributed by atoms with E-state index in [9.17, 15) is 0 Å². The van der Waals surface area contributed by atoms with Gasteiger partial charge in [0.2, 0.25) is 0 Å². The van der Waals surface area contributed by atoms with Crippen molar-refractivity contribution in [2.24, 2.45) is 5.92 Å². The molecule has 0 aliphatic heterocycles. The third kappa shape index (κ3) is 3.89. The predicted molar refractivity (Wildman–Crippen MR) is 70.8 cm³/mol. The minimum absolute atomic E-state index is 0.265. The molecule has 0 spiro atoms. The second kappa shape index (κ2) is 7.05. The zero-order valence-corrected chi connectivity index (χ0v) is 11.3. The molecule has 0 aliphatic carbocycles. The molecule has 2 nitrogen and oxygen atoms in total. The average Bonchev–Trinajstić information content (AvgIpc) is 2.76. The fourth-order valence-corrected chi connectivity index (χ4v) is 2.84. The van der Waals surface area contributed by atoms with Crippen LogP contribution in [-0.2, 0) is 0 Å². The molecule has 0 amide bonds. The van der Waals surface area contributed by atoms with Crippen molar-refractivity contribution in [2.75, 3.05) is 6.61 Å². The van der Waals surface area contributed by atoms with E-state index in [1.54, 1.807) is 11.3 Å². The first-order valence-corrected chi connectivity index (χ1v) is 6.97. The molecule has 2 unspecified atom stereocenters. The summed E-state index contributed by atoms with van der Waals surface area (Å²) in [5.41, 5.74) is 0. The van der Waals surface area contributed by atoms with Gasteiger partial charge < -0.3 is 10.4 Å². The van der Waals surface area contributed by atoms with Gasteiger partial charge in [0.05, 0.1) is 0 Å². The summed E-state index contributed by atoms with van der Waals surface area (Å²) in [5.74, 6) is 0.575. The van der Waals surface area contributed by atoms with E-state index in [2.05, 4.69) is 43.6 Å². The Labute approximate surface area is 103 Å². The van der Waals surface area contributed by atoms with E-state index in [1.165, 1.54) is 4.88 Å². The predicted octanol–water partition coefficient (Wildman–Crippen LogP) is 3.20. The zero-order valence-electron chi connectivity index (χ0n) is 10.4. The third-order valence-electron chi connectivity index (χ3n) is 2.90. The molecule has 3 heteroatoms. The molecule has 2 N–H and O–H groups in total.